The first-order valence-electron chi connectivity index (χ1n) is 10.8. The summed E-state index contributed by atoms with van der Waals surface area (Å²) >= 11 is 0. The summed E-state index contributed by atoms with van der Waals surface area (Å²) < 4.78 is 11.8. The van der Waals surface area contributed by atoms with E-state index in [1.165, 1.54) is 4.57 Å². The maximum Gasteiger partial charge on any atom is 0.419 e. The van der Waals surface area contributed by atoms with Gasteiger partial charge in [-0.1, -0.05) is 60.7 Å². The summed E-state index contributed by atoms with van der Waals surface area (Å²) in [4.78, 5) is 36.4. The zero-order valence-electron chi connectivity index (χ0n) is 18.0. The third-order valence-corrected chi connectivity index (χ3v) is 5.23. The Morgan fingerprint density at radius 1 is 0.909 bits per heavy atom. The van der Waals surface area contributed by atoms with Gasteiger partial charge in [0.05, 0.1) is 5.52 Å². The highest BCUT2D eigenvalue weighted by molar-refractivity contribution is 5.93. The van der Waals surface area contributed by atoms with E-state index in [9.17, 15) is 14.4 Å². The van der Waals surface area contributed by atoms with Crippen LogP contribution >= 0.6 is 0 Å². The van der Waals surface area contributed by atoms with Crippen LogP contribution in [-0.4, -0.2) is 23.1 Å². The number of carbonyl (C=O) groups is 2. The van der Waals surface area contributed by atoms with E-state index in [-0.39, 0.29) is 13.0 Å². The van der Waals surface area contributed by atoms with Gasteiger partial charge in [-0.05, 0) is 42.2 Å². The minimum atomic E-state index is -0.497. The SMILES string of the molecule is O=C(COC(=O)CCCn1c(=O)oc2ccccc21)Nc1ccccc1Cc1ccccc1. The predicted molar refractivity (Wildman–Crippen MR) is 125 cm³/mol. The first-order chi connectivity index (χ1) is 16.1. The molecule has 1 heterocycles. The monoisotopic (exact) mass is 444 g/mol. The van der Waals surface area contributed by atoms with Gasteiger partial charge < -0.3 is 14.5 Å². The number of anilines is 1. The van der Waals surface area contributed by atoms with Crippen molar-refractivity contribution in [2.75, 3.05) is 11.9 Å². The van der Waals surface area contributed by atoms with Crippen molar-refractivity contribution in [3.63, 3.8) is 0 Å². The maximum absolute atomic E-state index is 12.3. The first kappa shape index (κ1) is 22.1. The molecule has 7 heteroatoms. The molecule has 1 N–H and O–H groups in total. The van der Waals surface area contributed by atoms with Crippen molar-refractivity contribution in [1.82, 2.24) is 4.57 Å². The topological polar surface area (TPSA) is 90.5 Å². The summed E-state index contributed by atoms with van der Waals surface area (Å²) in [6.07, 6.45) is 1.16. The highest BCUT2D eigenvalue weighted by Crippen LogP contribution is 2.19. The molecule has 0 saturated carbocycles. The molecule has 4 rings (SSSR count). The summed E-state index contributed by atoms with van der Waals surface area (Å²) in [5.41, 5.74) is 3.99. The number of rotatable bonds is 9. The lowest BCUT2D eigenvalue weighted by Crippen LogP contribution is -2.22. The Balaban J connectivity index is 1.25. The molecule has 0 aliphatic carbocycles. The maximum atomic E-state index is 12.3. The normalized spacial score (nSPS) is 10.8. The van der Waals surface area contributed by atoms with Crippen molar-refractivity contribution in [3.8, 4) is 0 Å². The van der Waals surface area contributed by atoms with Gasteiger partial charge in [0.25, 0.3) is 5.91 Å². The Morgan fingerprint density at radius 3 is 2.48 bits per heavy atom. The number of ether oxygens (including phenoxy) is 1. The van der Waals surface area contributed by atoms with Crippen LogP contribution in [0.3, 0.4) is 0 Å². The Morgan fingerprint density at radius 2 is 1.64 bits per heavy atom. The number of carbonyl (C=O) groups excluding carboxylic acids is 2. The number of nitrogens with one attached hydrogen (secondary N) is 1. The summed E-state index contributed by atoms with van der Waals surface area (Å²) in [5.74, 6) is -1.36. The first-order valence-corrected chi connectivity index (χ1v) is 10.8. The lowest BCUT2D eigenvalue weighted by molar-refractivity contribution is -0.147. The predicted octanol–water partition coefficient (Wildman–Crippen LogP) is 4.15. The number of benzene rings is 3. The molecule has 0 spiro atoms. The summed E-state index contributed by atoms with van der Waals surface area (Å²) in [5, 5.41) is 2.82. The number of hydrogen-bond acceptors (Lipinski definition) is 5. The molecule has 0 aliphatic rings. The van der Waals surface area contributed by atoms with Gasteiger partial charge >= 0.3 is 11.7 Å². The molecule has 0 bridgehead atoms. The van der Waals surface area contributed by atoms with Crippen LogP contribution in [0.1, 0.15) is 24.0 Å². The van der Waals surface area contributed by atoms with Crippen molar-refractivity contribution >= 4 is 28.7 Å². The number of oxazole rings is 1. The molecule has 0 atom stereocenters. The Kier molecular flexibility index (Phi) is 6.99. The third-order valence-electron chi connectivity index (χ3n) is 5.23. The minimum Gasteiger partial charge on any atom is -0.456 e. The molecule has 0 radical (unpaired) electrons. The van der Waals surface area contributed by atoms with E-state index in [0.29, 0.717) is 36.2 Å². The van der Waals surface area contributed by atoms with E-state index < -0.39 is 17.6 Å². The standard InChI is InChI=1S/C26H24N2O5/c29-24(27-21-12-5-4-11-20(21)17-19-9-2-1-3-10-19)18-32-25(30)15-8-16-28-22-13-6-7-14-23(22)33-26(28)31/h1-7,9-14H,8,15-18H2,(H,27,29). The van der Waals surface area contributed by atoms with Gasteiger partial charge in [-0.2, -0.15) is 0 Å². The van der Waals surface area contributed by atoms with Gasteiger partial charge in [-0.3, -0.25) is 14.2 Å². The molecule has 1 aromatic heterocycles. The van der Waals surface area contributed by atoms with Crippen LogP contribution in [0.5, 0.6) is 0 Å². The van der Waals surface area contributed by atoms with Gasteiger partial charge in [0.1, 0.15) is 0 Å². The number of para-hydroxylation sites is 3. The van der Waals surface area contributed by atoms with E-state index >= 15 is 0 Å². The lowest BCUT2D eigenvalue weighted by Gasteiger charge is -2.11. The van der Waals surface area contributed by atoms with Crippen LogP contribution in [0.15, 0.2) is 88.1 Å². The summed E-state index contributed by atoms with van der Waals surface area (Å²) in [6.45, 7) is -0.0445. The largest absolute Gasteiger partial charge is 0.456 e. The van der Waals surface area contributed by atoms with Crippen LogP contribution in [0, 0.1) is 0 Å². The quantitative estimate of drug-likeness (QED) is 0.392. The number of esters is 1. The van der Waals surface area contributed by atoms with Gasteiger partial charge in [0, 0.05) is 18.7 Å². The molecule has 4 aromatic rings. The zero-order valence-corrected chi connectivity index (χ0v) is 18.0. The van der Waals surface area contributed by atoms with E-state index in [0.717, 1.165) is 11.1 Å². The second kappa shape index (κ2) is 10.5. The second-order valence-electron chi connectivity index (χ2n) is 7.62. The fourth-order valence-corrected chi connectivity index (χ4v) is 3.62. The average molecular weight is 444 g/mol. The number of aryl methyl sites for hydroxylation is 1. The van der Waals surface area contributed by atoms with E-state index in [2.05, 4.69) is 5.32 Å². The van der Waals surface area contributed by atoms with Crippen LogP contribution in [0.25, 0.3) is 11.1 Å². The van der Waals surface area contributed by atoms with Crippen LogP contribution < -0.4 is 11.1 Å². The highest BCUT2D eigenvalue weighted by atomic mass is 16.5. The third kappa shape index (κ3) is 5.77. The minimum absolute atomic E-state index is 0.0871. The van der Waals surface area contributed by atoms with Crippen LogP contribution in [-0.2, 0) is 27.3 Å². The van der Waals surface area contributed by atoms with Crippen molar-refractivity contribution in [1.29, 1.82) is 0 Å². The van der Waals surface area contributed by atoms with Crippen LogP contribution in [0.4, 0.5) is 5.69 Å². The molecule has 0 unspecified atom stereocenters. The molecular formula is C26H24N2O5. The Bertz CT molecular complexity index is 1310. The van der Waals surface area contributed by atoms with Gasteiger partial charge in [-0.25, -0.2) is 4.79 Å². The van der Waals surface area contributed by atoms with Gasteiger partial charge in [0.2, 0.25) is 0 Å². The van der Waals surface area contributed by atoms with Crippen molar-refractivity contribution < 1.29 is 18.7 Å². The average Bonchev–Trinajstić information content (AvgIpc) is 3.15. The molecule has 3 aromatic carbocycles. The van der Waals surface area contributed by atoms with Crippen molar-refractivity contribution in [2.45, 2.75) is 25.8 Å². The second-order valence-corrected chi connectivity index (χ2v) is 7.62. The van der Waals surface area contributed by atoms with E-state index in [4.69, 9.17) is 9.15 Å². The molecule has 1 amide bonds. The summed E-state index contributed by atoms with van der Waals surface area (Å²) in [6, 6.07) is 24.6. The highest BCUT2D eigenvalue weighted by Gasteiger charge is 2.12. The molecule has 0 fully saturated rings. The number of amides is 1. The van der Waals surface area contributed by atoms with E-state index in [1.54, 1.807) is 18.2 Å². The van der Waals surface area contributed by atoms with E-state index in [1.807, 2.05) is 60.7 Å². The molecule has 0 aliphatic heterocycles. The molecule has 7 nitrogen and oxygen atoms in total. The lowest BCUT2D eigenvalue weighted by atomic mass is 10.0. The number of nitrogens with zero attached hydrogens (tertiary/aromatic N) is 1. The molecule has 0 saturated heterocycles. The smallest absolute Gasteiger partial charge is 0.419 e. The molecular weight excluding hydrogens is 420 g/mol. The fraction of sp³-hybridized carbons (Fsp3) is 0.192. The molecule has 168 valence electrons. The zero-order chi connectivity index (χ0) is 23.0. The molecule has 33 heavy (non-hydrogen) atoms. The van der Waals surface area contributed by atoms with Crippen molar-refractivity contribution in [3.05, 3.63) is 101 Å². The fourth-order valence-electron chi connectivity index (χ4n) is 3.62. The van der Waals surface area contributed by atoms with Gasteiger partial charge in [0.15, 0.2) is 12.2 Å². The number of hydrogen-bond donors (Lipinski definition) is 1. The summed E-state index contributed by atoms with van der Waals surface area (Å²) in [7, 11) is 0. The number of aromatic nitrogens is 1. The Hall–Kier alpha value is -4.13. The van der Waals surface area contributed by atoms with Crippen molar-refractivity contribution in [2.24, 2.45) is 0 Å². The van der Waals surface area contributed by atoms with Crippen LogP contribution in [0.2, 0.25) is 0 Å². The Labute approximate surface area is 190 Å². The van der Waals surface area contributed by atoms with Gasteiger partial charge in [-0.15, -0.1) is 0 Å². The number of fused-ring (bicyclic) bond motifs is 1.